The number of hydrogen-bond donors (Lipinski definition) is 1. The molecular formula is C10H15BFN. The van der Waals surface area contributed by atoms with Gasteiger partial charge in [-0.15, -0.1) is 0 Å². The van der Waals surface area contributed by atoms with Crippen LogP contribution < -0.4 is 10.8 Å². The average molecular weight is 179 g/mol. The van der Waals surface area contributed by atoms with Gasteiger partial charge in [-0.05, 0) is 23.6 Å². The van der Waals surface area contributed by atoms with Gasteiger partial charge in [0, 0.05) is 12.7 Å². The fraction of sp³-hybridized carbons (Fsp3) is 0.400. The molecule has 1 nitrogen and oxygen atoms in total. The largest absolute Gasteiger partial charge is 0.388 e. The molecule has 13 heavy (non-hydrogen) atoms. The maximum atomic E-state index is 13.5. The van der Waals surface area contributed by atoms with Crippen LogP contribution >= 0.6 is 0 Å². The van der Waals surface area contributed by atoms with Crippen molar-refractivity contribution in [2.75, 3.05) is 12.4 Å². The van der Waals surface area contributed by atoms with Crippen LogP contribution in [0.1, 0.15) is 25.3 Å². The number of benzene rings is 1. The second kappa shape index (κ2) is 3.82. The molecule has 0 spiro atoms. The molecule has 1 aromatic carbocycles. The monoisotopic (exact) mass is 179 g/mol. The van der Waals surface area contributed by atoms with Crippen LogP contribution in [0.25, 0.3) is 0 Å². The van der Waals surface area contributed by atoms with Gasteiger partial charge in [-0.3, -0.25) is 0 Å². The Hall–Kier alpha value is -0.985. The van der Waals surface area contributed by atoms with Gasteiger partial charge in [0.05, 0.1) is 0 Å². The fourth-order valence-corrected chi connectivity index (χ4v) is 1.63. The Bertz CT molecular complexity index is 287. The minimum Gasteiger partial charge on any atom is -0.388 e. The van der Waals surface area contributed by atoms with E-state index >= 15 is 0 Å². The van der Waals surface area contributed by atoms with Crippen molar-refractivity contribution in [3.8, 4) is 0 Å². The van der Waals surface area contributed by atoms with Gasteiger partial charge < -0.3 is 5.32 Å². The van der Waals surface area contributed by atoms with Crippen LogP contribution in [0.15, 0.2) is 12.1 Å². The second-order valence-corrected chi connectivity index (χ2v) is 3.59. The first kappa shape index (κ1) is 10.1. The van der Waals surface area contributed by atoms with Crippen molar-refractivity contribution in [2.45, 2.75) is 19.8 Å². The van der Waals surface area contributed by atoms with Crippen molar-refractivity contribution in [1.29, 1.82) is 0 Å². The predicted octanol–water partition coefficient (Wildman–Crippen LogP) is 1.25. The van der Waals surface area contributed by atoms with E-state index in [2.05, 4.69) is 5.32 Å². The van der Waals surface area contributed by atoms with E-state index in [1.807, 2.05) is 27.8 Å². The van der Waals surface area contributed by atoms with E-state index in [0.29, 0.717) is 0 Å². The fourth-order valence-electron chi connectivity index (χ4n) is 1.63. The number of halogens is 1. The maximum absolute atomic E-state index is 13.5. The predicted molar refractivity (Wildman–Crippen MR) is 58.2 cm³/mol. The lowest BCUT2D eigenvalue weighted by atomic mass is 9.84. The Morgan fingerprint density at radius 2 is 2.00 bits per heavy atom. The van der Waals surface area contributed by atoms with E-state index in [-0.39, 0.29) is 11.7 Å². The highest BCUT2D eigenvalue weighted by molar-refractivity contribution is 6.33. The van der Waals surface area contributed by atoms with E-state index in [4.69, 9.17) is 0 Å². The van der Waals surface area contributed by atoms with Gasteiger partial charge >= 0.3 is 0 Å². The molecule has 70 valence electrons. The lowest BCUT2D eigenvalue weighted by molar-refractivity contribution is 0.601. The molecule has 0 atom stereocenters. The summed E-state index contributed by atoms with van der Waals surface area (Å²) in [6, 6.07) is 3.51. The van der Waals surface area contributed by atoms with Gasteiger partial charge in [0.1, 0.15) is 13.7 Å². The Kier molecular flexibility index (Phi) is 2.96. The highest BCUT2D eigenvalue weighted by Crippen LogP contribution is 2.18. The Balaban J connectivity index is 3.23. The molecule has 0 aliphatic carbocycles. The lowest BCUT2D eigenvalue weighted by Gasteiger charge is -2.13. The SMILES string of the molecule is Bc1cc(NC)cc(F)c1C(C)C. The number of rotatable bonds is 2. The first-order chi connectivity index (χ1) is 6.06. The summed E-state index contributed by atoms with van der Waals surface area (Å²) in [7, 11) is 3.74. The highest BCUT2D eigenvalue weighted by atomic mass is 19.1. The standard InChI is InChI=1S/C10H15BFN/c1-6(2)10-8(11)4-7(13-3)5-9(10)12/h4-6,13H,11H2,1-3H3. The molecule has 0 aromatic heterocycles. The first-order valence-corrected chi connectivity index (χ1v) is 4.54. The topological polar surface area (TPSA) is 12.0 Å². The van der Waals surface area contributed by atoms with Crippen LogP contribution in [0, 0.1) is 5.82 Å². The number of hydrogen-bond acceptors (Lipinski definition) is 1. The molecule has 1 N–H and O–H groups in total. The van der Waals surface area contributed by atoms with Crippen LogP contribution in [-0.4, -0.2) is 14.9 Å². The van der Waals surface area contributed by atoms with Gasteiger partial charge in [-0.1, -0.05) is 19.3 Å². The van der Waals surface area contributed by atoms with E-state index < -0.39 is 0 Å². The third-order valence-corrected chi connectivity index (χ3v) is 2.20. The molecule has 0 saturated carbocycles. The summed E-state index contributed by atoms with van der Waals surface area (Å²) in [5, 5.41) is 2.93. The third kappa shape index (κ3) is 2.03. The Morgan fingerprint density at radius 3 is 2.38 bits per heavy atom. The van der Waals surface area contributed by atoms with Gasteiger partial charge in [-0.2, -0.15) is 0 Å². The number of anilines is 1. The van der Waals surface area contributed by atoms with Crippen molar-refractivity contribution in [1.82, 2.24) is 0 Å². The summed E-state index contributed by atoms with van der Waals surface area (Å²) in [4.78, 5) is 0. The minimum atomic E-state index is -0.112. The minimum absolute atomic E-state index is 0.112. The molecule has 0 aliphatic rings. The zero-order chi connectivity index (χ0) is 10.0. The quantitative estimate of drug-likeness (QED) is 0.673. The zero-order valence-corrected chi connectivity index (χ0v) is 8.61. The van der Waals surface area contributed by atoms with Gasteiger partial charge in [0.25, 0.3) is 0 Å². The molecule has 3 heteroatoms. The molecule has 0 aliphatic heterocycles. The second-order valence-electron chi connectivity index (χ2n) is 3.59. The molecule has 0 saturated heterocycles. The molecule has 1 rings (SSSR count). The van der Waals surface area contributed by atoms with E-state index in [9.17, 15) is 4.39 Å². The summed E-state index contributed by atoms with van der Waals surface area (Å²) >= 11 is 0. The van der Waals surface area contributed by atoms with Crippen LogP contribution in [0.2, 0.25) is 0 Å². The first-order valence-electron chi connectivity index (χ1n) is 4.54. The van der Waals surface area contributed by atoms with Gasteiger partial charge in [-0.25, -0.2) is 4.39 Å². The molecule has 0 amide bonds. The van der Waals surface area contributed by atoms with Crippen molar-refractivity contribution >= 4 is 19.0 Å². The van der Waals surface area contributed by atoms with E-state index in [1.54, 1.807) is 13.1 Å². The molecule has 0 heterocycles. The molecule has 0 unspecified atom stereocenters. The van der Waals surface area contributed by atoms with Gasteiger partial charge in [0.15, 0.2) is 0 Å². The Morgan fingerprint density at radius 1 is 1.38 bits per heavy atom. The number of nitrogens with one attached hydrogen (secondary N) is 1. The zero-order valence-electron chi connectivity index (χ0n) is 8.61. The molecule has 1 aromatic rings. The normalized spacial score (nSPS) is 10.5. The summed E-state index contributed by atoms with van der Waals surface area (Å²) < 4.78 is 13.5. The summed E-state index contributed by atoms with van der Waals surface area (Å²) in [5.74, 6) is 0.130. The van der Waals surface area contributed by atoms with Crippen molar-refractivity contribution in [3.05, 3.63) is 23.5 Å². The Labute approximate surface area is 79.8 Å². The van der Waals surface area contributed by atoms with Crippen LogP contribution in [-0.2, 0) is 0 Å². The molecule has 0 bridgehead atoms. The van der Waals surface area contributed by atoms with Gasteiger partial charge in [0.2, 0.25) is 0 Å². The van der Waals surface area contributed by atoms with E-state index in [0.717, 1.165) is 16.7 Å². The van der Waals surface area contributed by atoms with E-state index in [1.165, 1.54) is 0 Å². The molecular weight excluding hydrogens is 164 g/mol. The summed E-state index contributed by atoms with van der Waals surface area (Å²) in [5.41, 5.74) is 2.66. The smallest absolute Gasteiger partial charge is 0.139 e. The van der Waals surface area contributed by atoms with Crippen LogP contribution in [0.3, 0.4) is 0 Å². The van der Waals surface area contributed by atoms with Crippen molar-refractivity contribution in [3.63, 3.8) is 0 Å². The summed E-state index contributed by atoms with van der Waals surface area (Å²) in [6.07, 6.45) is 0. The van der Waals surface area contributed by atoms with Crippen LogP contribution in [0.4, 0.5) is 10.1 Å². The third-order valence-electron chi connectivity index (χ3n) is 2.20. The van der Waals surface area contributed by atoms with Crippen molar-refractivity contribution in [2.24, 2.45) is 0 Å². The maximum Gasteiger partial charge on any atom is 0.139 e. The lowest BCUT2D eigenvalue weighted by Crippen LogP contribution is -2.15. The average Bonchev–Trinajstić information content (AvgIpc) is 2.02. The van der Waals surface area contributed by atoms with Crippen LogP contribution in [0.5, 0.6) is 0 Å². The summed E-state index contributed by atoms with van der Waals surface area (Å²) in [6.45, 7) is 4.01. The van der Waals surface area contributed by atoms with Crippen molar-refractivity contribution < 1.29 is 4.39 Å². The molecule has 0 fully saturated rings. The molecule has 0 radical (unpaired) electrons. The highest BCUT2D eigenvalue weighted by Gasteiger charge is 2.10.